The van der Waals surface area contributed by atoms with E-state index in [0.717, 1.165) is 22.9 Å². The van der Waals surface area contributed by atoms with Crippen molar-refractivity contribution < 1.29 is 0 Å². The Bertz CT molecular complexity index is 352. The molecule has 1 nitrogen and oxygen atoms in total. The van der Waals surface area contributed by atoms with Crippen molar-refractivity contribution >= 4 is 15.9 Å². The first kappa shape index (κ1) is 11.3. The highest BCUT2D eigenvalue weighted by molar-refractivity contribution is 9.09. The standard InChI is InChI=1S/C12H13BrN/c1-3-11-10(8-14)5-4-6-12(11)9(2)7-13/h4-6H,3,7H2,1-2H3. The largest absolute Gasteiger partial charge is 0.192 e. The third kappa shape index (κ3) is 2.16. The summed E-state index contributed by atoms with van der Waals surface area (Å²) >= 11 is 3.44. The number of hydrogen-bond acceptors (Lipinski definition) is 1. The van der Waals surface area contributed by atoms with Gasteiger partial charge >= 0.3 is 0 Å². The molecule has 1 aromatic carbocycles. The molecule has 2 heteroatoms. The Kier molecular flexibility index (Phi) is 4.16. The maximum absolute atomic E-state index is 8.96. The molecule has 0 aromatic heterocycles. The molecular formula is C12H13BrN. The fourth-order valence-electron chi connectivity index (χ4n) is 1.54. The molecule has 73 valence electrons. The van der Waals surface area contributed by atoms with Gasteiger partial charge in [-0.1, -0.05) is 41.9 Å². The molecular weight excluding hydrogens is 238 g/mol. The van der Waals surface area contributed by atoms with Crippen molar-refractivity contribution in [3.63, 3.8) is 0 Å². The fourth-order valence-corrected chi connectivity index (χ4v) is 1.85. The van der Waals surface area contributed by atoms with Crippen molar-refractivity contribution in [3.05, 3.63) is 40.8 Å². The Hall–Kier alpha value is -0.810. The zero-order chi connectivity index (χ0) is 10.6. The van der Waals surface area contributed by atoms with Crippen LogP contribution in [0.5, 0.6) is 0 Å². The molecule has 14 heavy (non-hydrogen) atoms. The van der Waals surface area contributed by atoms with Gasteiger partial charge in [0.1, 0.15) is 0 Å². The van der Waals surface area contributed by atoms with Crippen LogP contribution in [0, 0.1) is 17.2 Å². The van der Waals surface area contributed by atoms with Crippen molar-refractivity contribution in [2.24, 2.45) is 0 Å². The molecule has 0 saturated heterocycles. The minimum Gasteiger partial charge on any atom is -0.192 e. The van der Waals surface area contributed by atoms with Gasteiger partial charge in [-0.2, -0.15) is 5.26 Å². The third-order valence-corrected chi connectivity index (χ3v) is 3.15. The van der Waals surface area contributed by atoms with Gasteiger partial charge in [-0.25, -0.2) is 0 Å². The van der Waals surface area contributed by atoms with Gasteiger partial charge in [0.25, 0.3) is 0 Å². The second kappa shape index (κ2) is 5.17. The summed E-state index contributed by atoms with van der Waals surface area (Å²) in [5.74, 6) is 1.28. The Morgan fingerprint density at radius 3 is 2.71 bits per heavy atom. The van der Waals surface area contributed by atoms with Crippen LogP contribution in [0.25, 0.3) is 0 Å². The number of nitriles is 1. The van der Waals surface area contributed by atoms with E-state index in [9.17, 15) is 0 Å². The lowest BCUT2D eigenvalue weighted by molar-refractivity contribution is 1.05. The highest BCUT2D eigenvalue weighted by Gasteiger charge is 2.11. The quantitative estimate of drug-likeness (QED) is 0.754. The summed E-state index contributed by atoms with van der Waals surface area (Å²) < 4.78 is 0. The first-order valence-corrected chi connectivity index (χ1v) is 5.77. The molecule has 1 rings (SSSR count). The maximum atomic E-state index is 8.96. The lowest BCUT2D eigenvalue weighted by atomic mass is 9.92. The molecule has 0 amide bonds. The van der Waals surface area contributed by atoms with Crippen molar-refractivity contribution in [2.75, 3.05) is 5.33 Å². The zero-order valence-corrected chi connectivity index (χ0v) is 10.1. The summed E-state index contributed by atoms with van der Waals surface area (Å²) in [6.07, 6.45) is 0.906. The van der Waals surface area contributed by atoms with E-state index in [4.69, 9.17) is 5.26 Å². The average molecular weight is 251 g/mol. The van der Waals surface area contributed by atoms with E-state index in [1.54, 1.807) is 0 Å². The van der Waals surface area contributed by atoms with E-state index < -0.39 is 0 Å². The Labute approximate surface area is 93.9 Å². The molecule has 0 aliphatic carbocycles. The van der Waals surface area contributed by atoms with Crippen LogP contribution in [-0.2, 0) is 6.42 Å². The highest BCUT2D eigenvalue weighted by Crippen LogP contribution is 2.23. The molecule has 0 spiro atoms. The first-order valence-electron chi connectivity index (χ1n) is 4.65. The van der Waals surface area contributed by atoms with Crippen LogP contribution in [-0.4, -0.2) is 5.33 Å². The molecule has 0 saturated carbocycles. The van der Waals surface area contributed by atoms with Crippen molar-refractivity contribution in [2.45, 2.75) is 20.3 Å². The van der Waals surface area contributed by atoms with Gasteiger partial charge in [-0.05, 0) is 23.6 Å². The van der Waals surface area contributed by atoms with E-state index >= 15 is 0 Å². The minimum absolute atomic E-state index is 0.797. The highest BCUT2D eigenvalue weighted by atomic mass is 79.9. The fraction of sp³-hybridized carbons (Fsp3) is 0.333. The maximum Gasteiger partial charge on any atom is 0.0994 e. The van der Waals surface area contributed by atoms with Gasteiger partial charge in [0, 0.05) is 11.2 Å². The van der Waals surface area contributed by atoms with Gasteiger partial charge in [0.05, 0.1) is 11.6 Å². The van der Waals surface area contributed by atoms with Crippen LogP contribution in [0.15, 0.2) is 18.2 Å². The van der Waals surface area contributed by atoms with E-state index in [1.165, 1.54) is 11.5 Å². The second-order valence-electron chi connectivity index (χ2n) is 3.21. The van der Waals surface area contributed by atoms with E-state index in [2.05, 4.69) is 41.9 Å². The molecule has 0 heterocycles. The van der Waals surface area contributed by atoms with E-state index in [-0.39, 0.29) is 0 Å². The van der Waals surface area contributed by atoms with E-state index in [1.807, 2.05) is 12.1 Å². The van der Waals surface area contributed by atoms with Gasteiger partial charge in [0.2, 0.25) is 0 Å². The predicted molar refractivity (Wildman–Crippen MR) is 62.3 cm³/mol. The monoisotopic (exact) mass is 250 g/mol. The number of hydrogen-bond donors (Lipinski definition) is 0. The topological polar surface area (TPSA) is 23.8 Å². The molecule has 0 aliphatic rings. The molecule has 0 unspecified atom stereocenters. The van der Waals surface area contributed by atoms with Crippen molar-refractivity contribution in [1.82, 2.24) is 0 Å². The Morgan fingerprint density at radius 1 is 1.50 bits per heavy atom. The molecule has 0 N–H and O–H groups in total. The summed E-state index contributed by atoms with van der Waals surface area (Å²) in [7, 11) is 0. The third-order valence-electron chi connectivity index (χ3n) is 2.31. The molecule has 1 aromatic rings. The molecule has 0 bridgehead atoms. The summed E-state index contributed by atoms with van der Waals surface area (Å²) in [5.41, 5.74) is 3.17. The van der Waals surface area contributed by atoms with Crippen LogP contribution >= 0.6 is 15.9 Å². The predicted octanol–water partition coefficient (Wildman–Crippen LogP) is 3.46. The average Bonchev–Trinajstić information content (AvgIpc) is 2.26. The van der Waals surface area contributed by atoms with Crippen LogP contribution in [0.4, 0.5) is 0 Å². The summed E-state index contributed by atoms with van der Waals surface area (Å²) in [6, 6.07) is 8.14. The van der Waals surface area contributed by atoms with Gasteiger partial charge < -0.3 is 0 Å². The lowest BCUT2D eigenvalue weighted by Gasteiger charge is -2.13. The van der Waals surface area contributed by atoms with Crippen molar-refractivity contribution in [3.8, 4) is 6.07 Å². The molecule has 0 aliphatic heterocycles. The normalized spacial score (nSPS) is 10.2. The number of halogens is 1. The van der Waals surface area contributed by atoms with E-state index in [0.29, 0.717) is 0 Å². The smallest absolute Gasteiger partial charge is 0.0994 e. The molecule has 0 atom stereocenters. The number of alkyl halides is 1. The van der Waals surface area contributed by atoms with Crippen LogP contribution in [0.3, 0.4) is 0 Å². The molecule has 1 radical (unpaired) electrons. The Balaban J connectivity index is 3.23. The first-order chi connectivity index (χ1) is 6.74. The van der Waals surface area contributed by atoms with Crippen LogP contribution in [0.1, 0.15) is 30.5 Å². The van der Waals surface area contributed by atoms with Crippen LogP contribution < -0.4 is 0 Å². The summed E-state index contributed by atoms with van der Waals surface area (Å²) in [4.78, 5) is 0. The minimum atomic E-state index is 0.797. The molecule has 0 fully saturated rings. The zero-order valence-electron chi connectivity index (χ0n) is 8.47. The number of nitrogens with zero attached hydrogens (tertiary/aromatic N) is 1. The second-order valence-corrected chi connectivity index (χ2v) is 3.77. The van der Waals surface area contributed by atoms with Gasteiger partial charge in [0.15, 0.2) is 0 Å². The number of rotatable bonds is 3. The summed E-state index contributed by atoms with van der Waals surface area (Å²) in [6.45, 7) is 4.17. The van der Waals surface area contributed by atoms with Gasteiger partial charge in [-0.3, -0.25) is 0 Å². The summed E-state index contributed by atoms with van der Waals surface area (Å²) in [5, 5.41) is 9.81. The van der Waals surface area contributed by atoms with Crippen molar-refractivity contribution in [1.29, 1.82) is 5.26 Å². The van der Waals surface area contributed by atoms with Crippen LogP contribution in [0.2, 0.25) is 0 Å². The number of benzene rings is 1. The Morgan fingerprint density at radius 2 is 2.21 bits per heavy atom. The van der Waals surface area contributed by atoms with Gasteiger partial charge in [-0.15, -0.1) is 0 Å². The lowest BCUT2D eigenvalue weighted by Crippen LogP contribution is -2.02. The SMILES string of the molecule is CCc1c(C#N)cccc1[C](C)CBr.